The van der Waals surface area contributed by atoms with Crippen molar-refractivity contribution >= 4 is 11.7 Å². The van der Waals surface area contributed by atoms with Crippen molar-refractivity contribution in [2.75, 3.05) is 18.4 Å². The minimum Gasteiger partial charge on any atom is -0.372 e. The molecule has 2 aromatic rings. The number of nitrogens with one attached hydrogen (secondary N) is 2. The molecule has 5 nitrogen and oxygen atoms in total. The maximum Gasteiger partial charge on any atom is 0.317 e. The first-order chi connectivity index (χ1) is 12.5. The molecule has 0 bridgehead atoms. The van der Waals surface area contributed by atoms with Gasteiger partial charge in [-0.25, -0.2) is 9.18 Å². The van der Waals surface area contributed by atoms with E-state index in [2.05, 4.69) is 28.2 Å². The predicted molar refractivity (Wildman–Crippen MR) is 100 cm³/mol. The molecule has 1 spiro atoms. The maximum absolute atomic E-state index is 13.8. The molecular weight excluding hydrogens is 331 g/mol. The number of urea groups is 1. The highest BCUT2D eigenvalue weighted by atomic mass is 19.1. The van der Waals surface area contributed by atoms with E-state index in [9.17, 15) is 9.18 Å². The molecule has 2 aliphatic rings. The molecule has 2 amide bonds. The summed E-state index contributed by atoms with van der Waals surface area (Å²) in [6.07, 6.45) is 4.53. The number of amides is 2. The van der Waals surface area contributed by atoms with Crippen LogP contribution in [0.15, 0.2) is 36.5 Å². The lowest BCUT2D eigenvalue weighted by Gasteiger charge is -2.46. The highest BCUT2D eigenvalue weighted by Gasteiger charge is 2.42. The molecule has 0 aliphatic carbocycles. The van der Waals surface area contributed by atoms with Crippen molar-refractivity contribution in [2.45, 2.75) is 44.7 Å². The van der Waals surface area contributed by atoms with Crippen LogP contribution in [0.2, 0.25) is 0 Å². The standard InChI is InChI=1S/C20H25FN4O/c1-3-14(2)22-19(26)24-11-8-20(9-12-24)18-5-4-10-25(18)17-7-6-15(21)13-16(17)23-20/h4-7,10,13-14,23H,3,8-9,11-12H2,1-2H3,(H,22,26). The molecule has 6 heteroatoms. The number of carbonyl (C=O) groups is 1. The minimum atomic E-state index is -0.266. The van der Waals surface area contributed by atoms with Crippen LogP contribution in [0.5, 0.6) is 0 Å². The van der Waals surface area contributed by atoms with E-state index in [1.807, 2.05) is 30.2 Å². The zero-order chi connectivity index (χ0) is 18.3. The number of nitrogens with zero attached hydrogens (tertiary/aromatic N) is 2. The van der Waals surface area contributed by atoms with Crippen molar-refractivity contribution in [3.05, 3.63) is 48.0 Å². The van der Waals surface area contributed by atoms with Gasteiger partial charge in [0, 0.05) is 31.0 Å². The zero-order valence-corrected chi connectivity index (χ0v) is 15.3. The second-order valence-corrected chi connectivity index (χ2v) is 7.38. The van der Waals surface area contributed by atoms with E-state index < -0.39 is 0 Å². The Morgan fingerprint density at radius 3 is 2.85 bits per heavy atom. The summed E-state index contributed by atoms with van der Waals surface area (Å²) in [6, 6.07) is 9.19. The van der Waals surface area contributed by atoms with E-state index in [1.165, 1.54) is 11.8 Å². The van der Waals surface area contributed by atoms with Crippen LogP contribution in [-0.4, -0.2) is 34.6 Å². The summed E-state index contributed by atoms with van der Waals surface area (Å²) in [5.74, 6) is -0.243. The fourth-order valence-corrected chi connectivity index (χ4v) is 4.00. The highest BCUT2D eigenvalue weighted by molar-refractivity contribution is 5.75. The largest absolute Gasteiger partial charge is 0.372 e. The van der Waals surface area contributed by atoms with E-state index in [0.29, 0.717) is 13.1 Å². The Hall–Kier alpha value is -2.50. The van der Waals surface area contributed by atoms with Gasteiger partial charge in [-0.15, -0.1) is 0 Å². The number of halogens is 1. The van der Waals surface area contributed by atoms with Gasteiger partial charge >= 0.3 is 6.03 Å². The van der Waals surface area contributed by atoms with Gasteiger partial charge in [0.15, 0.2) is 0 Å². The molecule has 1 aromatic heterocycles. The van der Waals surface area contributed by atoms with Gasteiger partial charge in [0.1, 0.15) is 5.82 Å². The molecule has 3 heterocycles. The summed E-state index contributed by atoms with van der Waals surface area (Å²) in [5.41, 5.74) is 2.69. The Labute approximate surface area is 153 Å². The van der Waals surface area contributed by atoms with Gasteiger partial charge in [0.25, 0.3) is 0 Å². The van der Waals surface area contributed by atoms with Crippen LogP contribution >= 0.6 is 0 Å². The molecule has 2 N–H and O–H groups in total. The van der Waals surface area contributed by atoms with E-state index in [4.69, 9.17) is 0 Å². The fraction of sp³-hybridized carbons (Fsp3) is 0.450. The summed E-state index contributed by atoms with van der Waals surface area (Å²) in [5, 5.41) is 6.63. The average Bonchev–Trinajstić information content (AvgIpc) is 3.13. The Balaban J connectivity index is 1.57. The van der Waals surface area contributed by atoms with Crippen LogP contribution in [0.3, 0.4) is 0 Å². The number of carbonyl (C=O) groups excluding carboxylic acids is 1. The predicted octanol–water partition coefficient (Wildman–Crippen LogP) is 3.84. The summed E-state index contributed by atoms with van der Waals surface area (Å²) in [6.45, 7) is 5.42. The van der Waals surface area contributed by atoms with Crippen LogP contribution in [0.1, 0.15) is 38.8 Å². The van der Waals surface area contributed by atoms with Gasteiger partial charge in [0.05, 0.1) is 16.9 Å². The third-order valence-electron chi connectivity index (χ3n) is 5.72. The fourth-order valence-electron chi connectivity index (χ4n) is 4.00. The van der Waals surface area contributed by atoms with Crippen molar-refractivity contribution in [1.82, 2.24) is 14.8 Å². The lowest BCUT2D eigenvalue weighted by atomic mass is 9.82. The van der Waals surface area contributed by atoms with Crippen molar-refractivity contribution in [2.24, 2.45) is 0 Å². The molecule has 1 aromatic carbocycles. The van der Waals surface area contributed by atoms with E-state index >= 15 is 0 Å². The van der Waals surface area contributed by atoms with E-state index in [1.54, 1.807) is 6.07 Å². The molecule has 1 atom stereocenters. The molecular formula is C20H25FN4O. The summed E-state index contributed by atoms with van der Waals surface area (Å²) in [4.78, 5) is 14.3. The van der Waals surface area contributed by atoms with Crippen LogP contribution < -0.4 is 10.6 Å². The van der Waals surface area contributed by atoms with Crippen molar-refractivity contribution in [1.29, 1.82) is 0 Å². The van der Waals surface area contributed by atoms with Crippen molar-refractivity contribution < 1.29 is 9.18 Å². The zero-order valence-electron chi connectivity index (χ0n) is 15.3. The van der Waals surface area contributed by atoms with Gasteiger partial charge in [-0.3, -0.25) is 0 Å². The molecule has 138 valence electrons. The van der Waals surface area contributed by atoms with Crippen LogP contribution in [-0.2, 0) is 5.54 Å². The normalized spacial score (nSPS) is 18.7. The number of piperidine rings is 1. The molecule has 26 heavy (non-hydrogen) atoms. The molecule has 0 saturated carbocycles. The number of likely N-dealkylation sites (tertiary alicyclic amines) is 1. The lowest BCUT2D eigenvalue weighted by molar-refractivity contribution is 0.160. The quantitative estimate of drug-likeness (QED) is 0.859. The Bertz CT molecular complexity index is 823. The summed E-state index contributed by atoms with van der Waals surface area (Å²) >= 11 is 0. The average molecular weight is 356 g/mol. The third-order valence-corrected chi connectivity index (χ3v) is 5.72. The number of aromatic nitrogens is 1. The molecule has 1 fully saturated rings. The minimum absolute atomic E-state index is 0.00633. The number of anilines is 1. The van der Waals surface area contributed by atoms with Crippen LogP contribution in [0.4, 0.5) is 14.9 Å². The topological polar surface area (TPSA) is 49.3 Å². The number of hydrogen-bond donors (Lipinski definition) is 2. The second-order valence-electron chi connectivity index (χ2n) is 7.38. The Morgan fingerprint density at radius 1 is 1.35 bits per heavy atom. The van der Waals surface area contributed by atoms with Crippen molar-refractivity contribution in [3.63, 3.8) is 0 Å². The first kappa shape index (κ1) is 16.9. The van der Waals surface area contributed by atoms with Gasteiger partial charge in [-0.1, -0.05) is 6.92 Å². The Kier molecular flexibility index (Phi) is 4.13. The van der Waals surface area contributed by atoms with Gasteiger partial charge in [-0.2, -0.15) is 0 Å². The van der Waals surface area contributed by atoms with Crippen molar-refractivity contribution in [3.8, 4) is 5.69 Å². The van der Waals surface area contributed by atoms with Crippen LogP contribution in [0, 0.1) is 5.82 Å². The van der Waals surface area contributed by atoms with Gasteiger partial charge in [0.2, 0.25) is 0 Å². The van der Waals surface area contributed by atoms with E-state index in [0.717, 1.165) is 30.6 Å². The first-order valence-corrected chi connectivity index (χ1v) is 9.34. The molecule has 1 unspecified atom stereocenters. The second kappa shape index (κ2) is 6.34. The third kappa shape index (κ3) is 2.73. The summed E-state index contributed by atoms with van der Waals surface area (Å²) in [7, 11) is 0. The lowest BCUT2D eigenvalue weighted by Crippen LogP contribution is -2.53. The van der Waals surface area contributed by atoms with Gasteiger partial charge < -0.3 is 20.1 Å². The number of benzene rings is 1. The monoisotopic (exact) mass is 356 g/mol. The number of hydrogen-bond acceptors (Lipinski definition) is 2. The first-order valence-electron chi connectivity index (χ1n) is 9.34. The SMILES string of the molecule is CCC(C)NC(=O)N1CCC2(CC1)Nc1cc(F)ccc1-n1cccc12. The highest BCUT2D eigenvalue weighted by Crippen LogP contribution is 2.43. The molecule has 4 rings (SSSR count). The maximum atomic E-state index is 13.8. The van der Waals surface area contributed by atoms with Crippen LogP contribution in [0.25, 0.3) is 5.69 Å². The Morgan fingerprint density at radius 2 is 2.12 bits per heavy atom. The summed E-state index contributed by atoms with van der Waals surface area (Å²) < 4.78 is 15.9. The van der Waals surface area contributed by atoms with Gasteiger partial charge in [-0.05, 0) is 56.5 Å². The smallest absolute Gasteiger partial charge is 0.317 e. The molecule has 0 radical (unpaired) electrons. The molecule has 2 aliphatic heterocycles. The number of fused-ring (bicyclic) bond motifs is 4. The number of rotatable bonds is 2. The van der Waals surface area contributed by atoms with E-state index in [-0.39, 0.29) is 23.4 Å². The molecule has 1 saturated heterocycles.